The van der Waals surface area contributed by atoms with Crippen LogP contribution in [0.1, 0.15) is 22.3 Å². The SMILES string of the molecule is C=CC(=O)NCCCN(C)S(=O)(=O)c1ccc(C(=O)NCCc2ccc(-c3ccccc3)cc2)cc1. The summed E-state index contributed by atoms with van der Waals surface area (Å²) in [6, 6.07) is 24.3. The van der Waals surface area contributed by atoms with Crippen molar-refractivity contribution in [2.45, 2.75) is 17.7 Å². The van der Waals surface area contributed by atoms with Gasteiger partial charge in [-0.2, -0.15) is 0 Å². The molecular weight excluding hydrogens is 474 g/mol. The molecule has 0 radical (unpaired) electrons. The summed E-state index contributed by atoms with van der Waals surface area (Å²) in [5.41, 5.74) is 3.81. The van der Waals surface area contributed by atoms with Crippen molar-refractivity contribution in [3.63, 3.8) is 0 Å². The summed E-state index contributed by atoms with van der Waals surface area (Å²) in [6.45, 7) is 4.43. The fourth-order valence-corrected chi connectivity index (χ4v) is 4.79. The van der Waals surface area contributed by atoms with Crippen LogP contribution in [0.2, 0.25) is 0 Å². The monoisotopic (exact) mass is 505 g/mol. The Hall–Kier alpha value is -3.75. The highest BCUT2D eigenvalue weighted by Gasteiger charge is 2.20. The maximum Gasteiger partial charge on any atom is 0.251 e. The highest BCUT2D eigenvalue weighted by Crippen LogP contribution is 2.19. The number of hydrogen-bond donors (Lipinski definition) is 2. The second kappa shape index (κ2) is 12.8. The van der Waals surface area contributed by atoms with Crippen LogP contribution in [0.15, 0.2) is 96.4 Å². The Kier molecular flexibility index (Phi) is 9.55. The van der Waals surface area contributed by atoms with Crippen LogP contribution in [0.5, 0.6) is 0 Å². The maximum atomic E-state index is 12.8. The Balaban J connectivity index is 1.48. The second-order valence-corrected chi connectivity index (χ2v) is 10.3. The van der Waals surface area contributed by atoms with Crippen molar-refractivity contribution >= 4 is 21.8 Å². The lowest BCUT2D eigenvalue weighted by Gasteiger charge is -2.17. The number of amides is 2. The molecule has 0 bridgehead atoms. The minimum absolute atomic E-state index is 0.107. The smallest absolute Gasteiger partial charge is 0.251 e. The molecule has 3 rings (SSSR count). The normalized spacial score (nSPS) is 11.2. The van der Waals surface area contributed by atoms with E-state index in [0.717, 1.165) is 16.7 Å². The first-order chi connectivity index (χ1) is 17.3. The zero-order valence-corrected chi connectivity index (χ0v) is 21.1. The van der Waals surface area contributed by atoms with Crippen LogP contribution in [0.25, 0.3) is 11.1 Å². The van der Waals surface area contributed by atoms with Crippen molar-refractivity contribution in [1.29, 1.82) is 0 Å². The van der Waals surface area contributed by atoms with Crippen LogP contribution in [0, 0.1) is 0 Å². The summed E-state index contributed by atoms with van der Waals surface area (Å²) < 4.78 is 26.8. The van der Waals surface area contributed by atoms with Crippen LogP contribution >= 0.6 is 0 Å². The van der Waals surface area contributed by atoms with E-state index in [1.165, 1.54) is 41.7 Å². The van der Waals surface area contributed by atoms with Gasteiger partial charge in [-0.3, -0.25) is 9.59 Å². The van der Waals surface area contributed by atoms with Gasteiger partial charge in [-0.05, 0) is 59.9 Å². The summed E-state index contributed by atoms with van der Waals surface area (Å²) in [6.07, 6.45) is 2.32. The van der Waals surface area contributed by atoms with Gasteiger partial charge in [-0.15, -0.1) is 0 Å². The maximum absolute atomic E-state index is 12.8. The lowest BCUT2D eigenvalue weighted by atomic mass is 10.0. The van der Waals surface area contributed by atoms with Crippen molar-refractivity contribution in [3.05, 3.63) is 103 Å². The summed E-state index contributed by atoms with van der Waals surface area (Å²) in [5.74, 6) is -0.554. The van der Waals surface area contributed by atoms with E-state index in [2.05, 4.69) is 53.6 Å². The van der Waals surface area contributed by atoms with E-state index in [1.54, 1.807) is 0 Å². The van der Waals surface area contributed by atoms with Gasteiger partial charge in [0.05, 0.1) is 4.90 Å². The van der Waals surface area contributed by atoms with Gasteiger partial charge in [0.1, 0.15) is 0 Å². The van der Waals surface area contributed by atoms with Crippen molar-refractivity contribution in [2.24, 2.45) is 0 Å². The van der Waals surface area contributed by atoms with Crippen molar-refractivity contribution in [2.75, 3.05) is 26.7 Å². The van der Waals surface area contributed by atoms with Crippen LogP contribution < -0.4 is 10.6 Å². The first-order valence-corrected chi connectivity index (χ1v) is 13.1. The molecular formula is C28H31N3O4S. The molecule has 0 aliphatic heterocycles. The van der Waals surface area contributed by atoms with Gasteiger partial charge < -0.3 is 10.6 Å². The van der Waals surface area contributed by atoms with Gasteiger partial charge in [-0.1, -0.05) is 61.2 Å². The average molecular weight is 506 g/mol. The molecule has 0 aliphatic rings. The zero-order chi connectivity index (χ0) is 26.0. The molecule has 0 saturated carbocycles. The third-order valence-corrected chi connectivity index (χ3v) is 7.59. The van der Waals surface area contributed by atoms with E-state index in [1.807, 2.05) is 18.2 Å². The predicted octanol–water partition coefficient (Wildman–Crippen LogP) is 3.64. The largest absolute Gasteiger partial charge is 0.353 e. The molecule has 7 nitrogen and oxygen atoms in total. The van der Waals surface area contributed by atoms with Crippen LogP contribution in [0.4, 0.5) is 0 Å². The molecule has 0 saturated heterocycles. The fourth-order valence-electron chi connectivity index (χ4n) is 3.58. The van der Waals surface area contributed by atoms with Crippen LogP contribution in [0.3, 0.4) is 0 Å². The molecule has 3 aromatic rings. The zero-order valence-electron chi connectivity index (χ0n) is 20.3. The Labute approximate surface area is 212 Å². The van der Waals surface area contributed by atoms with Crippen LogP contribution in [-0.2, 0) is 21.2 Å². The summed E-state index contributed by atoms with van der Waals surface area (Å²) in [5, 5.41) is 5.49. The molecule has 188 valence electrons. The molecule has 2 N–H and O–H groups in total. The molecule has 36 heavy (non-hydrogen) atoms. The Morgan fingerprint density at radius 3 is 2.14 bits per heavy atom. The third kappa shape index (κ3) is 7.37. The molecule has 3 aromatic carbocycles. The first kappa shape index (κ1) is 26.8. The van der Waals surface area contributed by atoms with Crippen molar-refractivity contribution in [3.8, 4) is 11.1 Å². The third-order valence-electron chi connectivity index (χ3n) is 5.72. The Morgan fingerprint density at radius 2 is 1.50 bits per heavy atom. The van der Waals surface area contributed by atoms with Gasteiger partial charge in [0.2, 0.25) is 15.9 Å². The van der Waals surface area contributed by atoms with Crippen molar-refractivity contribution in [1.82, 2.24) is 14.9 Å². The summed E-state index contributed by atoms with van der Waals surface area (Å²) in [7, 11) is -2.21. The molecule has 0 fully saturated rings. The van der Waals surface area contributed by atoms with E-state index in [-0.39, 0.29) is 23.3 Å². The quantitative estimate of drug-likeness (QED) is 0.290. The van der Waals surface area contributed by atoms with Gasteiger partial charge in [-0.25, -0.2) is 12.7 Å². The van der Waals surface area contributed by atoms with E-state index >= 15 is 0 Å². The molecule has 0 aromatic heterocycles. The van der Waals surface area contributed by atoms with Gasteiger partial charge in [0, 0.05) is 32.2 Å². The second-order valence-electron chi connectivity index (χ2n) is 8.27. The number of nitrogens with one attached hydrogen (secondary N) is 2. The summed E-state index contributed by atoms with van der Waals surface area (Å²) >= 11 is 0. The molecule has 0 aliphatic carbocycles. The lowest BCUT2D eigenvalue weighted by molar-refractivity contribution is -0.116. The van der Waals surface area contributed by atoms with Gasteiger partial charge in [0.15, 0.2) is 0 Å². The first-order valence-electron chi connectivity index (χ1n) is 11.7. The van der Waals surface area contributed by atoms with Gasteiger partial charge in [0.25, 0.3) is 5.91 Å². The Morgan fingerprint density at radius 1 is 0.861 bits per heavy atom. The topological polar surface area (TPSA) is 95.6 Å². The number of carbonyl (C=O) groups is 2. The Bertz CT molecular complexity index is 1270. The van der Waals surface area contributed by atoms with E-state index in [4.69, 9.17) is 0 Å². The molecule has 8 heteroatoms. The predicted molar refractivity (Wildman–Crippen MR) is 142 cm³/mol. The van der Waals surface area contributed by atoms with E-state index < -0.39 is 10.0 Å². The van der Waals surface area contributed by atoms with E-state index in [0.29, 0.717) is 31.5 Å². The van der Waals surface area contributed by atoms with Gasteiger partial charge >= 0.3 is 0 Å². The number of hydrogen-bond acceptors (Lipinski definition) is 4. The number of carbonyl (C=O) groups excluding carboxylic acids is 2. The number of nitrogens with zero attached hydrogens (tertiary/aromatic N) is 1. The minimum atomic E-state index is -3.70. The molecule has 0 atom stereocenters. The molecule has 0 spiro atoms. The molecule has 2 amide bonds. The minimum Gasteiger partial charge on any atom is -0.353 e. The molecule has 0 unspecified atom stereocenters. The van der Waals surface area contributed by atoms with Crippen molar-refractivity contribution < 1.29 is 18.0 Å². The number of benzene rings is 3. The lowest BCUT2D eigenvalue weighted by Crippen LogP contribution is -2.31. The fraction of sp³-hybridized carbons (Fsp3) is 0.214. The molecule has 0 heterocycles. The summed E-state index contributed by atoms with van der Waals surface area (Å²) in [4.78, 5) is 23.8. The number of rotatable bonds is 12. The highest BCUT2D eigenvalue weighted by molar-refractivity contribution is 7.89. The average Bonchev–Trinajstić information content (AvgIpc) is 2.91. The van der Waals surface area contributed by atoms with E-state index in [9.17, 15) is 18.0 Å². The standard InChI is InChI=1S/C28H31N3O4S/c1-3-27(32)29-19-7-21-31(2)36(34,35)26-16-14-25(15-17-26)28(33)30-20-18-22-10-12-24(13-11-22)23-8-5-4-6-9-23/h3-6,8-17H,1,7,18-21H2,2H3,(H,29,32)(H,30,33). The van der Waals surface area contributed by atoms with Crippen LogP contribution in [-0.4, -0.2) is 51.2 Å². The number of sulfonamides is 1. The highest BCUT2D eigenvalue weighted by atomic mass is 32.2.